The second-order valence-corrected chi connectivity index (χ2v) is 8.52. The third-order valence-corrected chi connectivity index (χ3v) is 6.94. The first-order valence-corrected chi connectivity index (χ1v) is 10.4. The number of carbonyl (C=O) groups excluding carboxylic acids is 1. The number of carbonyl (C=O) groups is 1. The van der Waals surface area contributed by atoms with Gasteiger partial charge in [-0.15, -0.1) is 22.7 Å². The van der Waals surface area contributed by atoms with E-state index in [1.54, 1.807) is 28.7 Å². The molecule has 0 aromatic carbocycles. The molecule has 0 radical (unpaired) electrons. The zero-order valence-electron chi connectivity index (χ0n) is 15.1. The summed E-state index contributed by atoms with van der Waals surface area (Å²) in [7, 11) is 1.93. The molecule has 0 bridgehead atoms. The maximum atomic E-state index is 13.1. The van der Waals surface area contributed by atoms with Gasteiger partial charge in [0.25, 0.3) is 0 Å². The Kier molecular flexibility index (Phi) is 4.54. The van der Waals surface area contributed by atoms with Crippen molar-refractivity contribution in [2.75, 3.05) is 6.54 Å². The highest BCUT2D eigenvalue weighted by molar-refractivity contribution is 7.10. The topological polar surface area (TPSA) is 38.1 Å². The summed E-state index contributed by atoms with van der Waals surface area (Å²) in [4.78, 5) is 17.7. The van der Waals surface area contributed by atoms with Gasteiger partial charge >= 0.3 is 0 Å². The Morgan fingerprint density at radius 2 is 2.12 bits per heavy atom. The fraction of sp³-hybridized carbons (Fsp3) is 0.300. The van der Waals surface area contributed by atoms with Gasteiger partial charge in [0, 0.05) is 40.7 Å². The second-order valence-electron chi connectivity index (χ2n) is 6.54. The van der Waals surface area contributed by atoms with Crippen molar-refractivity contribution in [1.29, 1.82) is 0 Å². The number of aryl methyl sites for hydroxylation is 2. The molecule has 1 atom stereocenters. The minimum atomic E-state index is 0.0262. The molecule has 4 heterocycles. The number of hydrogen-bond donors (Lipinski definition) is 0. The molecule has 26 heavy (non-hydrogen) atoms. The smallest absolute Gasteiger partial charge is 0.247 e. The zero-order chi connectivity index (χ0) is 18.3. The first kappa shape index (κ1) is 17.2. The zero-order valence-corrected chi connectivity index (χ0v) is 16.7. The van der Waals surface area contributed by atoms with Crippen molar-refractivity contribution in [3.8, 4) is 0 Å². The molecule has 3 aromatic rings. The van der Waals surface area contributed by atoms with Gasteiger partial charge in [-0.1, -0.05) is 6.07 Å². The van der Waals surface area contributed by atoms with Crippen molar-refractivity contribution >= 4 is 34.7 Å². The van der Waals surface area contributed by atoms with Crippen molar-refractivity contribution in [1.82, 2.24) is 14.7 Å². The van der Waals surface area contributed by atoms with E-state index in [9.17, 15) is 4.79 Å². The van der Waals surface area contributed by atoms with Crippen LogP contribution in [0.5, 0.6) is 0 Å². The lowest BCUT2D eigenvalue weighted by Gasteiger charge is -2.34. The molecule has 1 aliphatic rings. The molecule has 0 N–H and O–H groups in total. The van der Waals surface area contributed by atoms with Gasteiger partial charge < -0.3 is 4.90 Å². The largest absolute Gasteiger partial charge is 0.327 e. The van der Waals surface area contributed by atoms with Crippen LogP contribution in [0.15, 0.2) is 35.0 Å². The molecule has 0 saturated heterocycles. The van der Waals surface area contributed by atoms with E-state index in [1.165, 1.54) is 15.3 Å². The Morgan fingerprint density at radius 3 is 2.81 bits per heavy atom. The highest BCUT2D eigenvalue weighted by atomic mass is 32.1. The van der Waals surface area contributed by atoms with Gasteiger partial charge in [0.05, 0.1) is 11.7 Å². The number of thiophene rings is 2. The average molecular weight is 384 g/mol. The van der Waals surface area contributed by atoms with Crippen LogP contribution in [0, 0.1) is 13.8 Å². The van der Waals surface area contributed by atoms with Crippen molar-refractivity contribution in [3.63, 3.8) is 0 Å². The highest BCUT2D eigenvalue weighted by Crippen LogP contribution is 2.39. The van der Waals surface area contributed by atoms with Crippen LogP contribution in [0.2, 0.25) is 0 Å². The van der Waals surface area contributed by atoms with E-state index in [-0.39, 0.29) is 11.9 Å². The molecule has 0 saturated carbocycles. The molecule has 0 fully saturated rings. The Morgan fingerprint density at radius 1 is 1.27 bits per heavy atom. The van der Waals surface area contributed by atoms with E-state index in [0.29, 0.717) is 0 Å². The summed E-state index contributed by atoms with van der Waals surface area (Å²) in [5, 5.41) is 8.64. The Balaban J connectivity index is 1.65. The van der Waals surface area contributed by atoms with Crippen LogP contribution < -0.4 is 0 Å². The number of hydrogen-bond acceptors (Lipinski definition) is 4. The van der Waals surface area contributed by atoms with E-state index in [0.717, 1.165) is 29.9 Å². The van der Waals surface area contributed by atoms with Gasteiger partial charge in [-0.2, -0.15) is 5.10 Å². The predicted molar refractivity (Wildman–Crippen MR) is 108 cm³/mol. The van der Waals surface area contributed by atoms with Gasteiger partial charge in [0.2, 0.25) is 5.91 Å². The fourth-order valence-electron chi connectivity index (χ4n) is 3.59. The molecule has 4 rings (SSSR count). The molecule has 6 heteroatoms. The fourth-order valence-corrected chi connectivity index (χ4v) is 5.35. The SMILES string of the molecule is Cc1nn(C)c(C)c1/C=C/C(=O)N1CCc2sccc2C1c1cccs1. The first-order chi connectivity index (χ1) is 12.6. The van der Waals surface area contributed by atoms with Crippen LogP contribution in [0.4, 0.5) is 0 Å². The lowest BCUT2D eigenvalue weighted by molar-refractivity contribution is -0.127. The van der Waals surface area contributed by atoms with E-state index in [2.05, 4.69) is 34.1 Å². The molecular weight excluding hydrogens is 362 g/mol. The molecule has 1 amide bonds. The number of aromatic nitrogens is 2. The van der Waals surface area contributed by atoms with Gasteiger partial charge in [0.1, 0.15) is 0 Å². The van der Waals surface area contributed by atoms with Crippen molar-refractivity contribution in [3.05, 3.63) is 67.3 Å². The summed E-state index contributed by atoms with van der Waals surface area (Å²) in [5.74, 6) is 0.0582. The van der Waals surface area contributed by atoms with Gasteiger partial charge in [-0.05, 0) is 54.8 Å². The van der Waals surface area contributed by atoms with Gasteiger partial charge in [-0.25, -0.2) is 0 Å². The second kappa shape index (κ2) is 6.85. The number of amides is 1. The average Bonchev–Trinajstić information content (AvgIpc) is 3.35. The third-order valence-electron chi connectivity index (χ3n) is 5.02. The van der Waals surface area contributed by atoms with Crippen molar-refractivity contribution < 1.29 is 4.79 Å². The minimum absolute atomic E-state index is 0.0262. The quantitative estimate of drug-likeness (QED) is 0.631. The lowest BCUT2D eigenvalue weighted by atomic mass is 9.98. The molecule has 0 spiro atoms. The van der Waals surface area contributed by atoms with Gasteiger partial charge in [-0.3, -0.25) is 9.48 Å². The number of nitrogens with zero attached hydrogens (tertiary/aromatic N) is 3. The lowest BCUT2D eigenvalue weighted by Crippen LogP contribution is -2.38. The summed E-state index contributed by atoms with van der Waals surface area (Å²) in [6.45, 7) is 4.76. The van der Waals surface area contributed by atoms with Crippen molar-refractivity contribution in [2.24, 2.45) is 7.05 Å². The molecule has 4 nitrogen and oxygen atoms in total. The highest BCUT2D eigenvalue weighted by Gasteiger charge is 2.32. The van der Waals surface area contributed by atoms with Gasteiger partial charge in [0.15, 0.2) is 0 Å². The molecule has 0 aliphatic carbocycles. The van der Waals surface area contributed by atoms with Crippen molar-refractivity contribution in [2.45, 2.75) is 26.3 Å². The van der Waals surface area contributed by atoms with Crippen LogP contribution in [0.1, 0.15) is 38.3 Å². The van der Waals surface area contributed by atoms with Crippen LogP contribution in [0.3, 0.4) is 0 Å². The van der Waals surface area contributed by atoms with E-state index in [4.69, 9.17) is 0 Å². The van der Waals surface area contributed by atoms with E-state index >= 15 is 0 Å². The van der Waals surface area contributed by atoms with E-state index < -0.39 is 0 Å². The summed E-state index contributed by atoms with van der Waals surface area (Å²) in [6, 6.07) is 6.38. The molecule has 1 unspecified atom stereocenters. The summed E-state index contributed by atoms with van der Waals surface area (Å²) in [6.07, 6.45) is 4.54. The monoisotopic (exact) mass is 383 g/mol. The molecular formula is C20H21N3OS2. The molecule has 1 aliphatic heterocycles. The van der Waals surface area contributed by atoms with Crippen LogP contribution in [-0.4, -0.2) is 27.1 Å². The summed E-state index contributed by atoms with van der Waals surface area (Å²) in [5.41, 5.74) is 4.32. The predicted octanol–water partition coefficient (Wildman–Crippen LogP) is 4.35. The normalized spacial score (nSPS) is 17.0. The molecule has 3 aromatic heterocycles. The first-order valence-electron chi connectivity index (χ1n) is 8.65. The standard InChI is InChI=1S/C20H21N3OS2/c1-13-15(14(2)22(3)21-13)6-7-19(24)23-10-8-17-16(9-12-26-17)20(23)18-5-4-11-25-18/h4-7,9,11-12,20H,8,10H2,1-3H3/b7-6+. The van der Waals surface area contributed by atoms with Crippen LogP contribution in [-0.2, 0) is 18.3 Å². The summed E-state index contributed by atoms with van der Waals surface area (Å²) >= 11 is 3.51. The van der Waals surface area contributed by atoms with Crippen LogP contribution in [0.25, 0.3) is 6.08 Å². The maximum Gasteiger partial charge on any atom is 0.247 e. The Hall–Kier alpha value is -2.18. The minimum Gasteiger partial charge on any atom is -0.327 e. The Bertz CT molecular complexity index is 966. The third kappa shape index (κ3) is 2.93. The number of fused-ring (bicyclic) bond motifs is 1. The molecule has 134 valence electrons. The summed E-state index contributed by atoms with van der Waals surface area (Å²) < 4.78 is 1.85. The van der Waals surface area contributed by atoms with E-state index in [1.807, 2.05) is 36.6 Å². The number of rotatable bonds is 3. The maximum absolute atomic E-state index is 13.1. The Labute approximate surface area is 161 Å². The van der Waals surface area contributed by atoms with Crippen LogP contribution >= 0.6 is 22.7 Å².